The highest BCUT2D eigenvalue weighted by Gasteiger charge is 2.14. The Morgan fingerprint density at radius 2 is 2.09 bits per heavy atom. The number of Topliss-reactive ketones (excluding diaryl/α,β-unsaturated/α-hetero) is 1. The molecule has 0 aromatic rings. The maximum Gasteiger partial charge on any atom is 0.163 e. The van der Waals surface area contributed by atoms with Crippen LogP contribution < -0.4 is 0 Å². The lowest BCUT2D eigenvalue weighted by Gasteiger charge is -2.10. The normalized spacial score (nSPS) is 18.1. The van der Waals surface area contributed by atoms with E-state index >= 15 is 0 Å². The Hall–Kier alpha value is -1.25. The van der Waals surface area contributed by atoms with E-state index in [2.05, 4.69) is 0 Å². The Bertz CT molecular complexity index is 248. The largest absolute Gasteiger partial charge is 0.512 e. The van der Waals surface area contributed by atoms with E-state index in [1.165, 1.54) is 13.0 Å². The average Bonchev–Trinajstić information content (AvgIpc) is 1.94. The van der Waals surface area contributed by atoms with Gasteiger partial charge in [0.05, 0.1) is 11.3 Å². The van der Waals surface area contributed by atoms with Crippen molar-refractivity contribution in [1.29, 1.82) is 0 Å². The third-order valence-corrected chi connectivity index (χ3v) is 1.62. The molecule has 11 heavy (non-hydrogen) atoms. The second-order valence-corrected chi connectivity index (χ2v) is 2.55. The zero-order chi connectivity index (χ0) is 8.43. The molecule has 0 amide bonds. The van der Waals surface area contributed by atoms with E-state index in [1.807, 2.05) is 0 Å². The Kier molecular flexibility index (Phi) is 1.98. The van der Waals surface area contributed by atoms with Gasteiger partial charge in [-0.25, -0.2) is 0 Å². The highest BCUT2D eigenvalue weighted by atomic mass is 16.3. The molecule has 0 spiro atoms. The van der Waals surface area contributed by atoms with E-state index in [9.17, 15) is 4.79 Å². The van der Waals surface area contributed by atoms with Gasteiger partial charge in [0.1, 0.15) is 5.76 Å². The summed E-state index contributed by atoms with van der Waals surface area (Å²) in [5.41, 5.74) is 0.230. The van der Waals surface area contributed by atoms with Gasteiger partial charge < -0.3 is 10.2 Å². The van der Waals surface area contributed by atoms with Crippen LogP contribution in [0.25, 0.3) is 0 Å². The lowest BCUT2D eigenvalue weighted by Crippen LogP contribution is -2.05. The monoisotopic (exact) mass is 154 g/mol. The highest BCUT2D eigenvalue weighted by molar-refractivity contribution is 5.96. The molecule has 0 bridgehead atoms. The van der Waals surface area contributed by atoms with Gasteiger partial charge in [-0.2, -0.15) is 0 Å². The maximum atomic E-state index is 10.8. The Labute approximate surface area is 64.7 Å². The minimum absolute atomic E-state index is 0.0790. The van der Waals surface area contributed by atoms with E-state index in [0.29, 0.717) is 12.8 Å². The van der Waals surface area contributed by atoms with Crippen LogP contribution in [0, 0.1) is 0 Å². The molecule has 2 N–H and O–H groups in total. The number of hydrogen-bond acceptors (Lipinski definition) is 3. The standard InChI is InChI=1S/C8H10O3/c1-5(9)7-4-6(10)2-3-8(7)11/h4,10-11H,2-3H2,1H3. The molecule has 0 heterocycles. The van der Waals surface area contributed by atoms with Crippen LogP contribution in [-0.2, 0) is 4.79 Å². The first-order valence-electron chi connectivity index (χ1n) is 3.44. The van der Waals surface area contributed by atoms with Crippen LogP contribution in [-0.4, -0.2) is 16.0 Å². The number of hydrogen-bond donors (Lipinski definition) is 2. The predicted molar refractivity (Wildman–Crippen MR) is 40.3 cm³/mol. The second-order valence-electron chi connectivity index (χ2n) is 2.55. The van der Waals surface area contributed by atoms with Crippen LogP contribution in [0.2, 0.25) is 0 Å². The number of rotatable bonds is 1. The Morgan fingerprint density at radius 3 is 2.55 bits per heavy atom. The summed E-state index contributed by atoms with van der Waals surface area (Å²) in [6.07, 6.45) is 2.10. The fourth-order valence-electron chi connectivity index (χ4n) is 1.01. The molecular formula is C8H10O3. The van der Waals surface area contributed by atoms with Crippen molar-refractivity contribution in [2.24, 2.45) is 0 Å². The van der Waals surface area contributed by atoms with Gasteiger partial charge in [0.25, 0.3) is 0 Å². The zero-order valence-corrected chi connectivity index (χ0v) is 6.29. The summed E-state index contributed by atoms with van der Waals surface area (Å²) in [5, 5.41) is 18.2. The summed E-state index contributed by atoms with van der Waals surface area (Å²) >= 11 is 0. The molecule has 3 heteroatoms. The van der Waals surface area contributed by atoms with Gasteiger partial charge in [0, 0.05) is 12.8 Å². The molecule has 3 nitrogen and oxygen atoms in total. The summed E-state index contributed by atoms with van der Waals surface area (Å²) in [6, 6.07) is 0. The number of carbonyl (C=O) groups excluding carboxylic acids is 1. The first kappa shape index (κ1) is 7.85. The van der Waals surface area contributed by atoms with E-state index in [0.717, 1.165) is 0 Å². The van der Waals surface area contributed by atoms with Gasteiger partial charge in [-0.15, -0.1) is 0 Å². The van der Waals surface area contributed by atoms with Crippen LogP contribution in [0.5, 0.6) is 0 Å². The van der Waals surface area contributed by atoms with Crippen LogP contribution >= 0.6 is 0 Å². The number of aliphatic hydroxyl groups is 2. The third-order valence-electron chi connectivity index (χ3n) is 1.62. The molecule has 0 fully saturated rings. The van der Waals surface area contributed by atoms with Crippen LogP contribution in [0.15, 0.2) is 23.2 Å². The third kappa shape index (κ3) is 1.61. The number of carbonyl (C=O) groups is 1. The molecule has 60 valence electrons. The van der Waals surface area contributed by atoms with Gasteiger partial charge >= 0.3 is 0 Å². The van der Waals surface area contributed by atoms with Crippen LogP contribution in [0.4, 0.5) is 0 Å². The molecule has 0 aliphatic heterocycles. The number of aliphatic hydroxyl groups excluding tert-OH is 2. The first-order chi connectivity index (χ1) is 5.11. The van der Waals surface area contributed by atoms with E-state index in [4.69, 9.17) is 10.2 Å². The lowest BCUT2D eigenvalue weighted by atomic mass is 10.0. The van der Waals surface area contributed by atoms with Crippen LogP contribution in [0.3, 0.4) is 0 Å². The molecule has 0 saturated heterocycles. The van der Waals surface area contributed by atoms with Crippen molar-refractivity contribution in [2.45, 2.75) is 19.8 Å². The van der Waals surface area contributed by atoms with Crippen molar-refractivity contribution < 1.29 is 15.0 Å². The molecule has 0 unspecified atom stereocenters. The SMILES string of the molecule is CC(=O)C1=C(O)CCC(O)=C1. The number of allylic oxidation sites excluding steroid dienone is 4. The van der Waals surface area contributed by atoms with Gasteiger partial charge in [0.2, 0.25) is 0 Å². The minimum Gasteiger partial charge on any atom is -0.512 e. The van der Waals surface area contributed by atoms with E-state index in [1.54, 1.807) is 0 Å². The van der Waals surface area contributed by atoms with Gasteiger partial charge in [-0.05, 0) is 13.0 Å². The Morgan fingerprint density at radius 1 is 1.45 bits per heavy atom. The molecule has 0 aromatic heterocycles. The fraction of sp³-hybridized carbons (Fsp3) is 0.375. The summed E-state index contributed by atoms with van der Waals surface area (Å²) in [4.78, 5) is 10.8. The molecule has 0 aromatic carbocycles. The molecule has 1 rings (SSSR count). The zero-order valence-electron chi connectivity index (χ0n) is 6.29. The second kappa shape index (κ2) is 2.78. The smallest absolute Gasteiger partial charge is 0.163 e. The van der Waals surface area contributed by atoms with Crippen molar-refractivity contribution in [3.63, 3.8) is 0 Å². The fourth-order valence-corrected chi connectivity index (χ4v) is 1.01. The molecule has 0 atom stereocenters. The predicted octanol–water partition coefficient (Wildman–Crippen LogP) is 1.62. The summed E-state index contributed by atoms with van der Waals surface area (Å²) in [7, 11) is 0. The molecular weight excluding hydrogens is 144 g/mol. The molecule has 0 saturated carbocycles. The molecule has 1 aliphatic carbocycles. The van der Waals surface area contributed by atoms with E-state index in [-0.39, 0.29) is 22.9 Å². The molecule has 0 radical (unpaired) electrons. The van der Waals surface area contributed by atoms with Crippen molar-refractivity contribution in [3.8, 4) is 0 Å². The lowest BCUT2D eigenvalue weighted by molar-refractivity contribution is -0.113. The van der Waals surface area contributed by atoms with Crippen molar-refractivity contribution in [2.75, 3.05) is 0 Å². The quantitative estimate of drug-likeness (QED) is 0.603. The van der Waals surface area contributed by atoms with Crippen LogP contribution in [0.1, 0.15) is 19.8 Å². The minimum atomic E-state index is -0.214. The number of ketones is 1. The molecule has 1 aliphatic rings. The average molecular weight is 154 g/mol. The maximum absolute atomic E-state index is 10.8. The van der Waals surface area contributed by atoms with E-state index < -0.39 is 0 Å². The Balaban J connectivity index is 2.98. The van der Waals surface area contributed by atoms with Gasteiger partial charge in [0.15, 0.2) is 5.78 Å². The van der Waals surface area contributed by atoms with Gasteiger partial charge in [-0.3, -0.25) is 4.79 Å². The van der Waals surface area contributed by atoms with Gasteiger partial charge in [-0.1, -0.05) is 0 Å². The highest BCUT2D eigenvalue weighted by Crippen LogP contribution is 2.20. The first-order valence-corrected chi connectivity index (χ1v) is 3.44. The topological polar surface area (TPSA) is 57.5 Å². The van der Waals surface area contributed by atoms with Crippen molar-refractivity contribution >= 4 is 5.78 Å². The van der Waals surface area contributed by atoms with Crippen molar-refractivity contribution in [3.05, 3.63) is 23.2 Å². The summed E-state index contributed by atoms with van der Waals surface area (Å²) < 4.78 is 0. The van der Waals surface area contributed by atoms with Crippen molar-refractivity contribution in [1.82, 2.24) is 0 Å². The summed E-state index contributed by atoms with van der Waals surface area (Å²) in [5.74, 6) is 0.0250. The summed E-state index contributed by atoms with van der Waals surface area (Å²) in [6.45, 7) is 1.36.